The molecule has 17 heavy (non-hydrogen) atoms. The highest BCUT2D eigenvalue weighted by Crippen LogP contribution is 2.33. The Hall–Kier alpha value is -1.41. The predicted octanol–water partition coefficient (Wildman–Crippen LogP) is 3.08. The van der Waals surface area contributed by atoms with Gasteiger partial charge in [-0.3, -0.25) is 4.98 Å². The van der Waals surface area contributed by atoms with Crippen LogP contribution in [0.5, 0.6) is 0 Å². The van der Waals surface area contributed by atoms with E-state index in [1.165, 1.54) is 10.9 Å². The number of aliphatic hydroxyl groups is 1. The lowest BCUT2D eigenvalue weighted by atomic mass is 9.91. The fourth-order valence-electron chi connectivity index (χ4n) is 2.87. The van der Waals surface area contributed by atoms with Crippen molar-refractivity contribution in [3.05, 3.63) is 42.1 Å². The number of aromatic nitrogens is 1. The second kappa shape index (κ2) is 4.11. The molecule has 1 aromatic heterocycles. The quantitative estimate of drug-likeness (QED) is 0.855. The Bertz CT molecular complexity index is 524. The summed E-state index contributed by atoms with van der Waals surface area (Å²) in [5.74, 6) is 0. The zero-order valence-corrected chi connectivity index (χ0v) is 9.89. The van der Waals surface area contributed by atoms with Crippen LogP contribution in [0.1, 0.15) is 31.2 Å². The highest BCUT2D eigenvalue weighted by molar-refractivity contribution is 5.81. The molecule has 1 aliphatic carbocycles. The van der Waals surface area contributed by atoms with Crippen molar-refractivity contribution in [3.8, 4) is 0 Å². The first-order valence-corrected chi connectivity index (χ1v) is 6.32. The molecule has 0 radical (unpaired) electrons. The highest BCUT2D eigenvalue weighted by Gasteiger charge is 2.31. The van der Waals surface area contributed by atoms with Gasteiger partial charge < -0.3 is 5.11 Å². The van der Waals surface area contributed by atoms with Crippen molar-refractivity contribution in [2.75, 3.05) is 0 Å². The van der Waals surface area contributed by atoms with Crippen LogP contribution in [-0.2, 0) is 6.42 Å². The summed E-state index contributed by atoms with van der Waals surface area (Å²) in [5, 5.41) is 11.7. The van der Waals surface area contributed by atoms with Crippen molar-refractivity contribution in [1.82, 2.24) is 4.98 Å². The molecule has 0 spiro atoms. The lowest BCUT2D eigenvalue weighted by Gasteiger charge is -2.22. The number of hydrogen-bond donors (Lipinski definition) is 1. The van der Waals surface area contributed by atoms with Gasteiger partial charge in [0.05, 0.1) is 11.1 Å². The first-order chi connectivity index (χ1) is 8.27. The standard InChI is InChI=1S/C15H17NO/c17-15(8-3-4-9-15)11-12-7-10-16-14-6-2-1-5-13(12)14/h1-2,5-7,10,17H,3-4,8-9,11H2. The van der Waals surface area contributed by atoms with Crippen molar-refractivity contribution in [3.63, 3.8) is 0 Å². The lowest BCUT2D eigenvalue weighted by molar-refractivity contribution is 0.0485. The topological polar surface area (TPSA) is 33.1 Å². The number of benzene rings is 1. The predicted molar refractivity (Wildman–Crippen MR) is 68.9 cm³/mol. The van der Waals surface area contributed by atoms with E-state index in [-0.39, 0.29) is 0 Å². The van der Waals surface area contributed by atoms with Crippen LogP contribution < -0.4 is 0 Å². The SMILES string of the molecule is OC1(Cc2ccnc3ccccc23)CCCC1. The molecule has 1 heterocycles. The lowest BCUT2D eigenvalue weighted by Crippen LogP contribution is -2.27. The van der Waals surface area contributed by atoms with E-state index in [1.807, 2.05) is 30.5 Å². The van der Waals surface area contributed by atoms with Gasteiger partial charge in [-0.2, -0.15) is 0 Å². The summed E-state index contributed by atoms with van der Waals surface area (Å²) in [4.78, 5) is 4.36. The average Bonchev–Trinajstić information content (AvgIpc) is 2.76. The molecule has 1 N–H and O–H groups in total. The van der Waals surface area contributed by atoms with E-state index in [9.17, 15) is 5.11 Å². The second-order valence-corrected chi connectivity index (χ2v) is 5.10. The number of nitrogens with zero attached hydrogens (tertiary/aromatic N) is 1. The highest BCUT2D eigenvalue weighted by atomic mass is 16.3. The molecule has 1 fully saturated rings. The summed E-state index contributed by atoms with van der Waals surface area (Å²) in [6, 6.07) is 10.2. The van der Waals surface area contributed by atoms with Gasteiger partial charge in [0, 0.05) is 18.0 Å². The maximum atomic E-state index is 10.5. The van der Waals surface area contributed by atoms with Gasteiger partial charge in [0.2, 0.25) is 0 Å². The molecular weight excluding hydrogens is 210 g/mol. The van der Waals surface area contributed by atoms with Gasteiger partial charge in [-0.1, -0.05) is 31.0 Å². The summed E-state index contributed by atoms with van der Waals surface area (Å²) in [6.45, 7) is 0. The molecule has 0 saturated heterocycles. The van der Waals surface area contributed by atoms with Gasteiger partial charge in [0.25, 0.3) is 0 Å². The van der Waals surface area contributed by atoms with Crippen LogP contribution in [0.4, 0.5) is 0 Å². The van der Waals surface area contributed by atoms with E-state index in [4.69, 9.17) is 0 Å². The van der Waals surface area contributed by atoms with Crippen molar-refractivity contribution in [2.45, 2.75) is 37.7 Å². The molecule has 3 rings (SSSR count). The molecule has 1 saturated carbocycles. The van der Waals surface area contributed by atoms with Gasteiger partial charge in [-0.25, -0.2) is 0 Å². The average molecular weight is 227 g/mol. The summed E-state index contributed by atoms with van der Waals surface area (Å²) < 4.78 is 0. The minimum Gasteiger partial charge on any atom is -0.390 e. The smallest absolute Gasteiger partial charge is 0.0704 e. The zero-order chi connectivity index (χ0) is 11.7. The first-order valence-electron chi connectivity index (χ1n) is 6.32. The summed E-state index contributed by atoms with van der Waals surface area (Å²) in [5.41, 5.74) is 1.76. The Morgan fingerprint density at radius 1 is 1.12 bits per heavy atom. The van der Waals surface area contributed by atoms with Crippen LogP contribution in [0.2, 0.25) is 0 Å². The maximum Gasteiger partial charge on any atom is 0.0704 e. The van der Waals surface area contributed by atoms with Crippen LogP contribution in [0.25, 0.3) is 10.9 Å². The monoisotopic (exact) mass is 227 g/mol. The Morgan fingerprint density at radius 2 is 1.88 bits per heavy atom. The van der Waals surface area contributed by atoms with Gasteiger partial charge >= 0.3 is 0 Å². The fraction of sp³-hybridized carbons (Fsp3) is 0.400. The van der Waals surface area contributed by atoms with Crippen LogP contribution in [0.3, 0.4) is 0 Å². The number of para-hydroxylation sites is 1. The van der Waals surface area contributed by atoms with E-state index in [0.29, 0.717) is 0 Å². The van der Waals surface area contributed by atoms with Gasteiger partial charge in [-0.05, 0) is 30.5 Å². The van der Waals surface area contributed by atoms with E-state index in [0.717, 1.165) is 37.6 Å². The van der Waals surface area contributed by atoms with E-state index in [2.05, 4.69) is 11.1 Å². The Labute approximate surface area is 101 Å². The molecule has 0 atom stereocenters. The third kappa shape index (κ3) is 2.05. The first kappa shape index (κ1) is 10.7. The van der Waals surface area contributed by atoms with Crippen molar-refractivity contribution in [2.24, 2.45) is 0 Å². The maximum absolute atomic E-state index is 10.5. The van der Waals surface area contributed by atoms with Gasteiger partial charge in [-0.15, -0.1) is 0 Å². The second-order valence-electron chi connectivity index (χ2n) is 5.10. The Kier molecular flexibility index (Phi) is 2.60. The summed E-state index contributed by atoms with van der Waals surface area (Å²) in [7, 11) is 0. The molecule has 2 aromatic rings. The molecule has 0 unspecified atom stereocenters. The molecular formula is C15H17NO. The van der Waals surface area contributed by atoms with Crippen molar-refractivity contribution < 1.29 is 5.11 Å². The molecule has 2 heteroatoms. The minimum absolute atomic E-state index is 0.482. The van der Waals surface area contributed by atoms with Crippen molar-refractivity contribution in [1.29, 1.82) is 0 Å². The van der Waals surface area contributed by atoms with E-state index in [1.54, 1.807) is 0 Å². The number of pyridine rings is 1. The molecule has 1 aliphatic rings. The normalized spacial score (nSPS) is 18.6. The Balaban J connectivity index is 2.00. The van der Waals surface area contributed by atoms with Crippen LogP contribution in [0.15, 0.2) is 36.5 Å². The summed E-state index contributed by atoms with van der Waals surface area (Å²) >= 11 is 0. The zero-order valence-electron chi connectivity index (χ0n) is 9.89. The number of hydrogen-bond acceptors (Lipinski definition) is 2. The fourth-order valence-corrected chi connectivity index (χ4v) is 2.87. The van der Waals surface area contributed by atoms with Crippen LogP contribution in [0, 0.1) is 0 Å². The van der Waals surface area contributed by atoms with Crippen LogP contribution >= 0.6 is 0 Å². The van der Waals surface area contributed by atoms with Crippen molar-refractivity contribution >= 4 is 10.9 Å². The van der Waals surface area contributed by atoms with Gasteiger partial charge in [0.1, 0.15) is 0 Å². The minimum atomic E-state index is -0.482. The molecule has 0 bridgehead atoms. The molecule has 1 aromatic carbocycles. The number of rotatable bonds is 2. The molecule has 0 amide bonds. The van der Waals surface area contributed by atoms with Gasteiger partial charge in [0.15, 0.2) is 0 Å². The third-order valence-corrected chi connectivity index (χ3v) is 3.79. The third-order valence-electron chi connectivity index (χ3n) is 3.79. The molecule has 88 valence electrons. The molecule has 0 aliphatic heterocycles. The van der Waals surface area contributed by atoms with Crippen LogP contribution in [-0.4, -0.2) is 15.7 Å². The largest absolute Gasteiger partial charge is 0.390 e. The van der Waals surface area contributed by atoms with E-state index >= 15 is 0 Å². The summed E-state index contributed by atoms with van der Waals surface area (Å²) in [6.07, 6.45) is 6.78. The van der Waals surface area contributed by atoms with E-state index < -0.39 is 5.60 Å². The Morgan fingerprint density at radius 3 is 2.71 bits per heavy atom. The number of fused-ring (bicyclic) bond motifs is 1. The molecule has 2 nitrogen and oxygen atoms in total.